The number of carboxylic acid groups (broad SMARTS) is 1. The molecule has 2 atom stereocenters. The normalized spacial score (nSPS) is 30.6. The Morgan fingerprint density at radius 1 is 1.07 bits per heavy atom. The van der Waals surface area contributed by atoms with Gasteiger partial charge in [-0.15, -0.1) is 0 Å². The zero-order valence-corrected chi connectivity index (χ0v) is 16.0. The Morgan fingerprint density at radius 2 is 1.81 bits per heavy atom. The number of piperidine rings is 1. The van der Waals surface area contributed by atoms with E-state index < -0.39 is 11.4 Å². The van der Waals surface area contributed by atoms with Gasteiger partial charge in [-0.05, 0) is 31.5 Å². The highest BCUT2D eigenvalue weighted by atomic mass is 16.4. The van der Waals surface area contributed by atoms with Crippen LogP contribution in [0.1, 0.15) is 18.4 Å². The van der Waals surface area contributed by atoms with Crippen LogP contribution in [0.25, 0.3) is 0 Å². The van der Waals surface area contributed by atoms with Crippen molar-refractivity contribution in [1.29, 1.82) is 0 Å². The lowest BCUT2D eigenvalue weighted by molar-refractivity contribution is -0.149. The lowest BCUT2D eigenvalue weighted by Crippen LogP contribution is -2.47. The molecule has 0 spiro atoms. The van der Waals surface area contributed by atoms with E-state index in [9.17, 15) is 15.0 Å². The van der Waals surface area contributed by atoms with Crippen molar-refractivity contribution >= 4 is 5.97 Å². The Hall–Kier alpha value is -1.47. The van der Waals surface area contributed by atoms with Gasteiger partial charge in [0.2, 0.25) is 0 Å². The summed E-state index contributed by atoms with van der Waals surface area (Å²) in [5, 5.41) is 19.2. The van der Waals surface area contributed by atoms with E-state index in [0.717, 1.165) is 45.6 Å². The maximum atomic E-state index is 12.1. The monoisotopic (exact) mass is 373 g/mol. The first-order valence-corrected chi connectivity index (χ1v) is 10.2. The van der Waals surface area contributed by atoms with Gasteiger partial charge in [-0.1, -0.05) is 30.3 Å². The fourth-order valence-electron chi connectivity index (χ4n) is 5.38. The van der Waals surface area contributed by atoms with Crippen LogP contribution in [0.3, 0.4) is 0 Å². The number of nitrogens with zero attached hydrogens (tertiary/aromatic N) is 3. The zero-order chi connectivity index (χ0) is 18.9. The molecule has 1 aromatic rings. The van der Waals surface area contributed by atoms with Crippen molar-refractivity contribution in [1.82, 2.24) is 14.7 Å². The van der Waals surface area contributed by atoms with Crippen LogP contribution in [-0.4, -0.2) is 89.3 Å². The third-order valence-corrected chi connectivity index (χ3v) is 6.87. The van der Waals surface area contributed by atoms with Gasteiger partial charge >= 0.3 is 5.97 Å². The average Bonchev–Trinajstić information content (AvgIpc) is 3.19. The van der Waals surface area contributed by atoms with E-state index in [2.05, 4.69) is 45.0 Å². The van der Waals surface area contributed by atoms with Gasteiger partial charge in [-0.3, -0.25) is 19.5 Å². The first-order valence-electron chi connectivity index (χ1n) is 10.2. The molecule has 3 aliphatic heterocycles. The maximum absolute atomic E-state index is 12.1. The van der Waals surface area contributed by atoms with Crippen molar-refractivity contribution < 1.29 is 15.0 Å². The summed E-state index contributed by atoms with van der Waals surface area (Å²) in [6, 6.07) is 11.1. The van der Waals surface area contributed by atoms with E-state index in [1.165, 1.54) is 5.56 Å². The molecule has 27 heavy (non-hydrogen) atoms. The second-order valence-electron chi connectivity index (χ2n) is 8.54. The van der Waals surface area contributed by atoms with E-state index in [1.807, 2.05) is 0 Å². The highest BCUT2D eigenvalue weighted by molar-refractivity contribution is 5.77. The number of carbonyl (C=O) groups is 1. The molecular formula is C21H31N3O3. The molecule has 0 unspecified atom stereocenters. The molecule has 1 aromatic carbocycles. The van der Waals surface area contributed by atoms with Crippen LogP contribution in [0.5, 0.6) is 0 Å². The van der Waals surface area contributed by atoms with Crippen LogP contribution in [0.2, 0.25) is 0 Å². The second kappa shape index (κ2) is 7.87. The average molecular weight is 373 g/mol. The van der Waals surface area contributed by atoms with Crippen LogP contribution in [0, 0.1) is 11.3 Å². The number of aliphatic hydroxyl groups excluding tert-OH is 1. The summed E-state index contributed by atoms with van der Waals surface area (Å²) in [7, 11) is 0. The summed E-state index contributed by atoms with van der Waals surface area (Å²) in [6.07, 6.45) is 2.24. The third kappa shape index (κ3) is 3.76. The molecule has 3 saturated heterocycles. The first kappa shape index (κ1) is 18.9. The largest absolute Gasteiger partial charge is 0.481 e. The molecule has 2 N–H and O–H groups in total. The Morgan fingerprint density at radius 3 is 2.44 bits per heavy atom. The molecule has 0 radical (unpaired) electrons. The number of rotatable bonds is 6. The predicted molar refractivity (Wildman–Crippen MR) is 103 cm³/mol. The van der Waals surface area contributed by atoms with Crippen molar-refractivity contribution in [2.24, 2.45) is 11.3 Å². The summed E-state index contributed by atoms with van der Waals surface area (Å²) in [4.78, 5) is 19.2. The molecular weight excluding hydrogens is 342 g/mol. The van der Waals surface area contributed by atoms with Crippen LogP contribution < -0.4 is 0 Å². The summed E-state index contributed by atoms with van der Waals surface area (Å²) in [5.74, 6) is -0.471. The molecule has 3 aliphatic rings. The lowest BCUT2D eigenvalue weighted by atomic mass is 9.81. The second-order valence-corrected chi connectivity index (χ2v) is 8.54. The van der Waals surface area contributed by atoms with E-state index >= 15 is 0 Å². The van der Waals surface area contributed by atoms with Crippen molar-refractivity contribution in [2.45, 2.75) is 25.4 Å². The number of β-amino-alcohol motifs (C(OH)–C–C–N with tert-alkyl or cyclic N) is 1. The number of carboxylic acids is 1. The molecule has 4 rings (SSSR count). The molecule has 0 amide bonds. The maximum Gasteiger partial charge on any atom is 0.312 e. The number of hydrogen-bond acceptors (Lipinski definition) is 5. The van der Waals surface area contributed by atoms with E-state index in [1.54, 1.807) is 0 Å². The zero-order valence-electron chi connectivity index (χ0n) is 16.0. The molecule has 0 bridgehead atoms. The predicted octanol–water partition coefficient (Wildman–Crippen LogP) is 0.962. The van der Waals surface area contributed by atoms with E-state index in [4.69, 9.17) is 0 Å². The summed E-state index contributed by atoms with van der Waals surface area (Å²) < 4.78 is 0. The van der Waals surface area contributed by atoms with Crippen LogP contribution in [-0.2, 0) is 11.3 Å². The van der Waals surface area contributed by atoms with E-state index in [-0.39, 0.29) is 12.5 Å². The molecule has 3 heterocycles. The van der Waals surface area contributed by atoms with Crippen molar-refractivity contribution in [3.8, 4) is 0 Å². The Bertz CT molecular complexity index is 647. The van der Waals surface area contributed by atoms with Crippen molar-refractivity contribution in [3.05, 3.63) is 35.9 Å². The minimum Gasteiger partial charge on any atom is -0.481 e. The number of benzene rings is 1. The molecule has 6 nitrogen and oxygen atoms in total. The molecule has 0 aromatic heterocycles. The SMILES string of the molecule is O=C(O)[C@@]12CN(CCO)C[C@@H]1CN(C1CCN(Cc3ccccc3)CC1)C2. The van der Waals surface area contributed by atoms with Gasteiger partial charge in [0.25, 0.3) is 0 Å². The molecule has 0 saturated carbocycles. The standard InChI is InChI=1S/C21H31N3O3/c25-11-10-23-13-18-14-24(16-21(18,15-23)20(26)27)19-6-8-22(9-7-19)12-17-4-2-1-3-5-17/h1-5,18-19,25H,6-16H2,(H,26,27)/t18-,21-/m1/s1. The summed E-state index contributed by atoms with van der Waals surface area (Å²) in [6.45, 7) is 6.79. The van der Waals surface area contributed by atoms with E-state index in [0.29, 0.717) is 25.7 Å². The number of aliphatic carboxylic acids is 1. The number of aliphatic hydroxyl groups is 1. The van der Waals surface area contributed by atoms with Gasteiger partial charge in [-0.25, -0.2) is 0 Å². The quantitative estimate of drug-likeness (QED) is 0.774. The minimum atomic E-state index is -0.656. The smallest absolute Gasteiger partial charge is 0.312 e. The summed E-state index contributed by atoms with van der Waals surface area (Å²) >= 11 is 0. The van der Waals surface area contributed by atoms with Gasteiger partial charge in [0, 0.05) is 51.2 Å². The van der Waals surface area contributed by atoms with Crippen molar-refractivity contribution in [2.75, 3.05) is 52.4 Å². The Balaban J connectivity index is 1.33. The van der Waals surface area contributed by atoms with Gasteiger partial charge in [-0.2, -0.15) is 0 Å². The van der Waals surface area contributed by atoms with Gasteiger partial charge in [0.15, 0.2) is 0 Å². The van der Waals surface area contributed by atoms with Crippen LogP contribution in [0.4, 0.5) is 0 Å². The fraction of sp³-hybridized carbons (Fsp3) is 0.667. The van der Waals surface area contributed by atoms with Crippen molar-refractivity contribution in [3.63, 3.8) is 0 Å². The van der Waals surface area contributed by atoms with Gasteiger partial charge < -0.3 is 10.2 Å². The Kier molecular flexibility index (Phi) is 5.50. The number of likely N-dealkylation sites (tertiary alicyclic amines) is 3. The molecule has 148 valence electrons. The minimum absolute atomic E-state index is 0.103. The highest BCUT2D eigenvalue weighted by Gasteiger charge is 2.58. The highest BCUT2D eigenvalue weighted by Crippen LogP contribution is 2.44. The fourth-order valence-corrected chi connectivity index (χ4v) is 5.38. The van der Waals surface area contributed by atoms with Crippen LogP contribution >= 0.6 is 0 Å². The lowest BCUT2D eigenvalue weighted by Gasteiger charge is -2.37. The van der Waals surface area contributed by atoms with Crippen LogP contribution in [0.15, 0.2) is 30.3 Å². The first-order chi connectivity index (χ1) is 13.1. The molecule has 6 heteroatoms. The topological polar surface area (TPSA) is 67.2 Å². The number of fused-ring (bicyclic) bond motifs is 1. The molecule has 0 aliphatic carbocycles. The Labute approximate surface area is 161 Å². The van der Waals surface area contributed by atoms with Gasteiger partial charge in [0.05, 0.1) is 12.0 Å². The number of hydrogen-bond donors (Lipinski definition) is 2. The molecule has 3 fully saturated rings. The summed E-state index contributed by atoms with van der Waals surface area (Å²) in [5.41, 5.74) is 0.719. The van der Waals surface area contributed by atoms with Gasteiger partial charge in [0.1, 0.15) is 0 Å². The third-order valence-electron chi connectivity index (χ3n) is 6.87.